The fourth-order valence-electron chi connectivity index (χ4n) is 3.91. The van der Waals surface area contributed by atoms with Gasteiger partial charge in [0.1, 0.15) is 0 Å². The van der Waals surface area contributed by atoms with E-state index in [2.05, 4.69) is 24.1 Å². The second kappa shape index (κ2) is 9.06. The molecule has 1 N–H and O–H groups in total. The molecule has 2 atom stereocenters. The number of piperidine rings is 1. The fourth-order valence-corrected chi connectivity index (χ4v) is 4.47. The van der Waals surface area contributed by atoms with Crippen LogP contribution in [0.1, 0.15) is 42.6 Å². The Morgan fingerprint density at radius 3 is 2.44 bits per heavy atom. The molecule has 0 saturated carbocycles. The Bertz CT molecular complexity index is 754. The number of hydrogen-bond acceptors (Lipinski definition) is 4. The molecular formula is C20H33N3O3S. The van der Waals surface area contributed by atoms with E-state index in [4.69, 9.17) is 0 Å². The van der Waals surface area contributed by atoms with E-state index in [-0.39, 0.29) is 5.91 Å². The number of nitrogens with one attached hydrogen (secondary N) is 1. The van der Waals surface area contributed by atoms with Crippen molar-refractivity contribution in [1.82, 2.24) is 10.2 Å². The molecule has 7 heteroatoms. The van der Waals surface area contributed by atoms with Gasteiger partial charge in [-0.05, 0) is 61.9 Å². The van der Waals surface area contributed by atoms with E-state index in [1.54, 1.807) is 18.2 Å². The van der Waals surface area contributed by atoms with Crippen molar-refractivity contribution in [2.75, 3.05) is 43.8 Å². The van der Waals surface area contributed by atoms with Crippen LogP contribution in [0.5, 0.6) is 0 Å². The van der Waals surface area contributed by atoms with Gasteiger partial charge in [0.05, 0.1) is 11.9 Å². The topological polar surface area (TPSA) is 69.7 Å². The zero-order valence-electron chi connectivity index (χ0n) is 17.2. The molecule has 2 rings (SSSR count). The quantitative estimate of drug-likeness (QED) is 0.720. The first-order chi connectivity index (χ1) is 12.6. The minimum Gasteiger partial charge on any atom is -0.352 e. The normalized spacial score (nSPS) is 21.1. The molecule has 0 unspecified atom stereocenters. The molecule has 27 heavy (non-hydrogen) atoms. The van der Waals surface area contributed by atoms with Gasteiger partial charge < -0.3 is 10.2 Å². The van der Waals surface area contributed by atoms with Crippen molar-refractivity contribution in [2.24, 2.45) is 11.8 Å². The van der Waals surface area contributed by atoms with Crippen molar-refractivity contribution in [2.45, 2.75) is 33.6 Å². The minimum atomic E-state index is -3.32. The number of anilines is 1. The number of amides is 1. The first-order valence-electron chi connectivity index (χ1n) is 9.63. The molecular weight excluding hydrogens is 362 g/mol. The zero-order chi connectivity index (χ0) is 20.2. The van der Waals surface area contributed by atoms with Gasteiger partial charge >= 0.3 is 0 Å². The Balaban J connectivity index is 1.85. The molecule has 1 saturated heterocycles. The molecule has 1 aromatic rings. The smallest absolute Gasteiger partial charge is 0.251 e. The monoisotopic (exact) mass is 395 g/mol. The molecule has 0 radical (unpaired) electrons. The number of hydrogen-bond donors (Lipinski definition) is 1. The number of carbonyl (C=O) groups is 1. The standard InChI is InChI=1S/C20H33N3O3S/c1-15-11-16(2)14-23(13-15)10-6-9-21-20(24)18-7-8-19(17(3)12-18)22(4)27(5,25)26/h7-8,12,15-16H,6,9-11,13-14H2,1-5H3,(H,21,24)/t15-,16-/m0/s1. The minimum absolute atomic E-state index is 0.118. The van der Waals surface area contributed by atoms with Crippen molar-refractivity contribution >= 4 is 21.6 Å². The van der Waals surface area contributed by atoms with Gasteiger partial charge in [0.15, 0.2) is 0 Å². The van der Waals surface area contributed by atoms with Crippen molar-refractivity contribution < 1.29 is 13.2 Å². The Labute approximate surface area is 164 Å². The lowest BCUT2D eigenvalue weighted by molar-refractivity contribution is 0.0947. The summed E-state index contributed by atoms with van der Waals surface area (Å²) in [5.74, 6) is 1.37. The summed E-state index contributed by atoms with van der Waals surface area (Å²) in [6.07, 6.45) is 3.40. The van der Waals surface area contributed by atoms with Crippen molar-refractivity contribution in [1.29, 1.82) is 0 Å². The maximum atomic E-state index is 12.4. The van der Waals surface area contributed by atoms with Crippen LogP contribution in [-0.4, -0.2) is 58.7 Å². The highest BCUT2D eigenvalue weighted by atomic mass is 32.2. The summed E-state index contributed by atoms with van der Waals surface area (Å²) in [7, 11) is -1.81. The molecule has 0 bridgehead atoms. The van der Waals surface area contributed by atoms with Gasteiger partial charge in [-0.25, -0.2) is 8.42 Å². The molecule has 152 valence electrons. The molecule has 0 spiro atoms. The molecule has 0 aliphatic carbocycles. The first-order valence-corrected chi connectivity index (χ1v) is 11.5. The lowest BCUT2D eigenvalue weighted by Crippen LogP contribution is -2.40. The van der Waals surface area contributed by atoms with Gasteiger partial charge in [0, 0.05) is 32.2 Å². The van der Waals surface area contributed by atoms with E-state index in [1.807, 2.05) is 6.92 Å². The van der Waals surface area contributed by atoms with Crippen LogP contribution in [0.2, 0.25) is 0 Å². The van der Waals surface area contributed by atoms with Crippen molar-refractivity contribution in [3.05, 3.63) is 29.3 Å². The summed E-state index contributed by atoms with van der Waals surface area (Å²) in [5, 5.41) is 2.97. The average Bonchev–Trinajstić information content (AvgIpc) is 2.56. The van der Waals surface area contributed by atoms with E-state index in [9.17, 15) is 13.2 Å². The van der Waals surface area contributed by atoms with Gasteiger partial charge in [-0.2, -0.15) is 0 Å². The van der Waals surface area contributed by atoms with Crippen LogP contribution in [0, 0.1) is 18.8 Å². The highest BCUT2D eigenvalue weighted by molar-refractivity contribution is 7.92. The Kier molecular flexibility index (Phi) is 7.28. The van der Waals surface area contributed by atoms with Gasteiger partial charge in [-0.3, -0.25) is 9.10 Å². The number of aryl methyl sites for hydroxylation is 1. The summed E-state index contributed by atoms with van der Waals surface area (Å²) in [6, 6.07) is 5.09. The lowest BCUT2D eigenvalue weighted by Gasteiger charge is -2.34. The van der Waals surface area contributed by atoms with E-state index in [0.29, 0.717) is 17.8 Å². The predicted molar refractivity (Wildman–Crippen MR) is 111 cm³/mol. The van der Waals surface area contributed by atoms with Crippen molar-refractivity contribution in [3.8, 4) is 0 Å². The molecule has 0 aromatic heterocycles. The van der Waals surface area contributed by atoms with E-state index >= 15 is 0 Å². The number of sulfonamides is 1. The van der Waals surface area contributed by atoms with Crippen LogP contribution in [0.15, 0.2) is 18.2 Å². The molecule has 1 amide bonds. The highest BCUT2D eigenvalue weighted by Gasteiger charge is 2.21. The van der Waals surface area contributed by atoms with E-state index in [0.717, 1.165) is 49.7 Å². The molecule has 1 aliphatic rings. The summed E-state index contributed by atoms with van der Waals surface area (Å²) >= 11 is 0. The molecule has 6 nitrogen and oxygen atoms in total. The number of carbonyl (C=O) groups excluding carboxylic acids is 1. The van der Waals surface area contributed by atoms with Gasteiger partial charge in [0.25, 0.3) is 5.91 Å². The SMILES string of the molecule is Cc1cc(C(=O)NCCCN2C[C@@H](C)C[C@H](C)C2)ccc1N(C)S(C)(=O)=O. The van der Waals surface area contributed by atoms with Crippen LogP contribution in [0.3, 0.4) is 0 Å². The third kappa shape index (κ3) is 6.21. The fraction of sp³-hybridized carbons (Fsp3) is 0.650. The van der Waals surface area contributed by atoms with Crippen LogP contribution >= 0.6 is 0 Å². The van der Waals surface area contributed by atoms with Crippen LogP contribution in [0.25, 0.3) is 0 Å². The Hall–Kier alpha value is -1.60. The summed E-state index contributed by atoms with van der Waals surface area (Å²) in [4.78, 5) is 14.9. The zero-order valence-corrected chi connectivity index (χ0v) is 18.0. The van der Waals surface area contributed by atoms with Crippen molar-refractivity contribution in [3.63, 3.8) is 0 Å². The number of benzene rings is 1. The van der Waals surface area contributed by atoms with Crippen LogP contribution < -0.4 is 9.62 Å². The van der Waals surface area contributed by atoms with E-state index in [1.165, 1.54) is 17.8 Å². The van der Waals surface area contributed by atoms with Gasteiger partial charge in [0.2, 0.25) is 10.0 Å². The highest BCUT2D eigenvalue weighted by Crippen LogP contribution is 2.22. The maximum Gasteiger partial charge on any atom is 0.251 e. The third-order valence-corrected chi connectivity index (χ3v) is 6.37. The second-order valence-corrected chi connectivity index (χ2v) is 10.1. The largest absolute Gasteiger partial charge is 0.352 e. The lowest BCUT2D eigenvalue weighted by atomic mass is 9.92. The molecule has 1 aliphatic heterocycles. The predicted octanol–water partition coefficient (Wildman–Crippen LogP) is 2.49. The third-order valence-electron chi connectivity index (χ3n) is 5.18. The molecule has 1 aromatic carbocycles. The van der Waals surface area contributed by atoms with Gasteiger partial charge in [-0.1, -0.05) is 13.8 Å². The van der Waals surface area contributed by atoms with Crippen LogP contribution in [0.4, 0.5) is 5.69 Å². The number of nitrogens with zero attached hydrogens (tertiary/aromatic N) is 2. The maximum absolute atomic E-state index is 12.4. The van der Waals surface area contributed by atoms with E-state index < -0.39 is 10.0 Å². The number of likely N-dealkylation sites (tertiary alicyclic amines) is 1. The summed E-state index contributed by atoms with van der Waals surface area (Å²) in [6.45, 7) is 10.4. The molecule has 1 fully saturated rings. The Morgan fingerprint density at radius 1 is 1.26 bits per heavy atom. The summed E-state index contributed by atoms with van der Waals surface area (Å²) in [5.41, 5.74) is 1.90. The first kappa shape index (κ1) is 21.7. The second-order valence-electron chi connectivity index (χ2n) is 8.05. The van der Waals surface area contributed by atoms with Gasteiger partial charge in [-0.15, -0.1) is 0 Å². The van der Waals surface area contributed by atoms with Crippen LogP contribution in [-0.2, 0) is 10.0 Å². The Morgan fingerprint density at radius 2 is 1.89 bits per heavy atom. The average molecular weight is 396 g/mol. The summed E-state index contributed by atoms with van der Waals surface area (Å²) < 4.78 is 24.6. The number of rotatable bonds is 7. The molecule has 1 heterocycles.